The van der Waals surface area contributed by atoms with Gasteiger partial charge < -0.3 is 15.8 Å². The molecule has 2 aromatic rings. The number of nitrogens with one attached hydrogen (secondary N) is 1. The average Bonchev–Trinajstić information content (AvgIpc) is 2.94. The van der Waals surface area contributed by atoms with Crippen LogP contribution < -0.4 is 15.8 Å². The molecule has 1 amide bonds. The van der Waals surface area contributed by atoms with Crippen LogP contribution in [0.15, 0.2) is 23.7 Å². The van der Waals surface area contributed by atoms with Crippen LogP contribution in [-0.4, -0.2) is 29.5 Å². The van der Waals surface area contributed by atoms with Crippen molar-refractivity contribution in [2.24, 2.45) is 5.73 Å². The summed E-state index contributed by atoms with van der Waals surface area (Å²) >= 11 is 1.44. The van der Waals surface area contributed by atoms with Crippen LogP contribution in [0.1, 0.15) is 21.2 Å². The van der Waals surface area contributed by atoms with Gasteiger partial charge in [0.1, 0.15) is 17.1 Å². The summed E-state index contributed by atoms with van der Waals surface area (Å²) in [5, 5.41) is 5.38. The first-order valence-corrected chi connectivity index (χ1v) is 7.03. The third-order valence-corrected chi connectivity index (χ3v) is 3.54. The maximum atomic E-state index is 12.0. The van der Waals surface area contributed by atoms with E-state index < -0.39 is 0 Å². The van der Waals surface area contributed by atoms with Crippen molar-refractivity contribution in [3.8, 4) is 5.75 Å². The van der Waals surface area contributed by atoms with E-state index in [0.29, 0.717) is 36.6 Å². The molecule has 0 saturated heterocycles. The molecule has 3 N–H and O–H groups in total. The maximum absolute atomic E-state index is 12.0. The lowest BCUT2D eigenvalue weighted by atomic mass is 10.3. The number of hydrogen-bond acceptors (Lipinski definition) is 6. The van der Waals surface area contributed by atoms with Crippen LogP contribution in [0.3, 0.4) is 0 Å². The molecular formula is C13H16N4O2S. The fourth-order valence-corrected chi connectivity index (χ4v) is 2.44. The van der Waals surface area contributed by atoms with E-state index in [1.807, 2.05) is 0 Å². The third kappa shape index (κ3) is 3.52. The number of amides is 1. The first-order chi connectivity index (χ1) is 9.74. The minimum absolute atomic E-state index is 0.225. The molecule has 0 unspecified atom stereocenters. The molecule has 0 fully saturated rings. The van der Waals surface area contributed by atoms with Crippen molar-refractivity contribution >= 4 is 17.2 Å². The van der Waals surface area contributed by atoms with E-state index in [4.69, 9.17) is 10.5 Å². The van der Waals surface area contributed by atoms with Gasteiger partial charge in [-0.3, -0.25) is 9.78 Å². The van der Waals surface area contributed by atoms with Gasteiger partial charge in [-0.15, -0.1) is 11.3 Å². The molecule has 2 heterocycles. The molecule has 7 heteroatoms. The van der Waals surface area contributed by atoms with Gasteiger partial charge in [-0.2, -0.15) is 0 Å². The van der Waals surface area contributed by atoms with Gasteiger partial charge in [0.05, 0.1) is 18.7 Å². The number of rotatable bonds is 6. The highest BCUT2D eigenvalue weighted by atomic mass is 32.1. The van der Waals surface area contributed by atoms with Crippen molar-refractivity contribution in [2.75, 3.05) is 13.7 Å². The predicted molar refractivity (Wildman–Crippen MR) is 76.8 cm³/mol. The lowest BCUT2D eigenvalue weighted by Crippen LogP contribution is -2.24. The van der Waals surface area contributed by atoms with Crippen molar-refractivity contribution < 1.29 is 9.53 Å². The topological polar surface area (TPSA) is 90.1 Å². The number of methoxy groups -OCH3 is 1. The number of nitrogens with two attached hydrogens (primary N) is 1. The fourth-order valence-electron chi connectivity index (χ4n) is 1.65. The Morgan fingerprint density at radius 2 is 2.40 bits per heavy atom. The summed E-state index contributed by atoms with van der Waals surface area (Å²) in [5.74, 6) is 0.423. The summed E-state index contributed by atoms with van der Waals surface area (Å²) in [7, 11) is 1.57. The van der Waals surface area contributed by atoms with Crippen LogP contribution in [0.4, 0.5) is 0 Å². The van der Waals surface area contributed by atoms with E-state index in [9.17, 15) is 4.79 Å². The summed E-state index contributed by atoms with van der Waals surface area (Å²) in [5.41, 5.74) is 6.55. The molecule has 0 aliphatic carbocycles. The quantitative estimate of drug-likeness (QED) is 0.828. The second kappa shape index (κ2) is 6.97. The van der Waals surface area contributed by atoms with Crippen molar-refractivity contribution in [1.82, 2.24) is 15.3 Å². The zero-order chi connectivity index (χ0) is 14.4. The smallest absolute Gasteiger partial charge is 0.271 e. The lowest BCUT2D eigenvalue weighted by Gasteiger charge is -2.07. The van der Waals surface area contributed by atoms with Crippen LogP contribution >= 0.6 is 11.3 Å². The summed E-state index contributed by atoms with van der Waals surface area (Å²) < 4.78 is 5.18. The second-order valence-corrected chi connectivity index (χ2v) is 4.94. The minimum Gasteiger partial charge on any atom is -0.495 e. The molecule has 0 aromatic carbocycles. The Labute approximate surface area is 121 Å². The van der Waals surface area contributed by atoms with Crippen LogP contribution in [0.5, 0.6) is 5.75 Å². The number of ether oxygens (including phenoxy) is 1. The van der Waals surface area contributed by atoms with Crippen LogP contribution in [0.2, 0.25) is 0 Å². The summed E-state index contributed by atoms with van der Waals surface area (Å²) in [4.78, 5) is 20.4. The predicted octanol–water partition coefficient (Wildman–Crippen LogP) is 0.978. The zero-order valence-electron chi connectivity index (χ0n) is 11.1. The summed E-state index contributed by atoms with van der Waals surface area (Å²) in [6, 6.07) is 3.58. The minimum atomic E-state index is -0.225. The lowest BCUT2D eigenvalue weighted by molar-refractivity contribution is 0.0945. The number of carbonyl (C=O) groups excluding carboxylic acids is 1. The molecule has 0 aliphatic rings. The van der Waals surface area contributed by atoms with Gasteiger partial charge in [-0.1, -0.05) is 0 Å². The Hall–Kier alpha value is -1.99. The molecule has 0 bridgehead atoms. The summed E-state index contributed by atoms with van der Waals surface area (Å²) in [6.45, 7) is 0.826. The molecule has 0 saturated carbocycles. The van der Waals surface area contributed by atoms with E-state index >= 15 is 0 Å². The van der Waals surface area contributed by atoms with Gasteiger partial charge in [-0.25, -0.2) is 4.98 Å². The molecule has 2 rings (SSSR count). The third-order valence-electron chi connectivity index (χ3n) is 2.63. The highest BCUT2D eigenvalue weighted by Crippen LogP contribution is 2.14. The number of hydrogen-bond donors (Lipinski definition) is 2. The van der Waals surface area contributed by atoms with Crippen molar-refractivity contribution in [3.63, 3.8) is 0 Å². The molecule has 6 nitrogen and oxygen atoms in total. The Bertz CT molecular complexity index is 585. The molecule has 20 heavy (non-hydrogen) atoms. The van der Waals surface area contributed by atoms with E-state index in [1.54, 1.807) is 30.8 Å². The van der Waals surface area contributed by atoms with Gasteiger partial charge in [0, 0.05) is 18.0 Å². The normalized spacial score (nSPS) is 10.3. The highest BCUT2D eigenvalue weighted by Gasteiger charge is 2.11. The SMILES string of the molecule is COc1cccnc1CNC(=O)c1csc(CCN)n1. The van der Waals surface area contributed by atoms with E-state index in [2.05, 4.69) is 15.3 Å². The zero-order valence-corrected chi connectivity index (χ0v) is 11.9. The molecule has 0 aliphatic heterocycles. The molecular weight excluding hydrogens is 276 g/mol. The number of carbonyl (C=O) groups is 1. The number of aromatic nitrogens is 2. The Morgan fingerprint density at radius 1 is 1.55 bits per heavy atom. The first-order valence-electron chi connectivity index (χ1n) is 6.15. The molecule has 0 radical (unpaired) electrons. The second-order valence-electron chi connectivity index (χ2n) is 4.00. The van der Waals surface area contributed by atoms with Crippen LogP contribution in [0, 0.1) is 0 Å². The standard InChI is InChI=1S/C13H16N4O2S/c1-19-11-3-2-6-15-9(11)7-16-13(18)10-8-20-12(17-10)4-5-14/h2-3,6,8H,4-5,7,14H2,1H3,(H,16,18). The average molecular weight is 292 g/mol. The van der Waals surface area contributed by atoms with E-state index in [0.717, 1.165) is 5.01 Å². The highest BCUT2D eigenvalue weighted by molar-refractivity contribution is 7.09. The van der Waals surface area contributed by atoms with Crippen molar-refractivity contribution in [3.05, 3.63) is 40.1 Å². The van der Waals surface area contributed by atoms with Gasteiger partial charge in [0.25, 0.3) is 5.91 Å². The maximum Gasteiger partial charge on any atom is 0.271 e. The van der Waals surface area contributed by atoms with Crippen molar-refractivity contribution in [2.45, 2.75) is 13.0 Å². The monoisotopic (exact) mass is 292 g/mol. The fraction of sp³-hybridized carbons (Fsp3) is 0.308. The number of nitrogens with zero attached hydrogens (tertiary/aromatic N) is 2. The molecule has 106 valence electrons. The first kappa shape index (κ1) is 14.4. The number of thiazole rings is 1. The molecule has 2 aromatic heterocycles. The summed E-state index contributed by atoms with van der Waals surface area (Å²) in [6.07, 6.45) is 2.35. The molecule has 0 spiro atoms. The van der Waals surface area contributed by atoms with Gasteiger partial charge in [0.2, 0.25) is 0 Å². The van der Waals surface area contributed by atoms with Gasteiger partial charge in [0.15, 0.2) is 0 Å². The Morgan fingerprint density at radius 3 is 3.15 bits per heavy atom. The van der Waals surface area contributed by atoms with E-state index in [1.165, 1.54) is 11.3 Å². The van der Waals surface area contributed by atoms with Gasteiger partial charge in [-0.05, 0) is 18.7 Å². The molecule has 0 atom stereocenters. The largest absolute Gasteiger partial charge is 0.495 e. The van der Waals surface area contributed by atoms with Crippen LogP contribution in [-0.2, 0) is 13.0 Å². The van der Waals surface area contributed by atoms with Crippen molar-refractivity contribution in [1.29, 1.82) is 0 Å². The van der Waals surface area contributed by atoms with Gasteiger partial charge >= 0.3 is 0 Å². The Kier molecular flexibility index (Phi) is 5.03. The van der Waals surface area contributed by atoms with E-state index in [-0.39, 0.29) is 5.91 Å². The van der Waals surface area contributed by atoms with Crippen LogP contribution in [0.25, 0.3) is 0 Å². The number of pyridine rings is 1. The Balaban J connectivity index is 1.97.